The molecule has 4 amide bonds. The standard InChI is InChI=1S/C23H28N6O6/c1-22(2)12-17(26-20(30)24-15-4-8-18(9-5-15)28(32)33)13-23(3,14-22)27-21(31)25-16-6-10-19(11-7-16)29(34)35/h4-11,17H,12-14H2,1-3H3,(H2,24,26,30)(H2,25,27,31)/t17-,23+/m1/s1. The number of hydrogen-bond donors (Lipinski definition) is 4. The van der Waals surface area contributed by atoms with Crippen LogP contribution in [0.4, 0.5) is 32.3 Å². The van der Waals surface area contributed by atoms with Crippen molar-refractivity contribution >= 4 is 34.8 Å². The minimum absolute atomic E-state index is 0.0705. The fourth-order valence-electron chi connectivity index (χ4n) is 4.80. The molecule has 4 N–H and O–H groups in total. The van der Waals surface area contributed by atoms with Gasteiger partial charge in [0.15, 0.2) is 0 Å². The van der Waals surface area contributed by atoms with Crippen LogP contribution >= 0.6 is 0 Å². The van der Waals surface area contributed by atoms with Crippen molar-refractivity contribution in [3.63, 3.8) is 0 Å². The van der Waals surface area contributed by atoms with Crippen molar-refractivity contribution in [3.05, 3.63) is 68.8 Å². The molecule has 0 unspecified atom stereocenters. The first-order valence-electron chi connectivity index (χ1n) is 11.0. The zero-order chi connectivity index (χ0) is 25.8. The van der Waals surface area contributed by atoms with E-state index < -0.39 is 27.4 Å². The SMILES string of the molecule is CC1(C)C[C@@H](NC(=O)Nc2ccc([N+](=O)[O-])cc2)C[C@](C)(NC(=O)Nc2ccc([N+](=O)[O-])cc2)C1. The van der Waals surface area contributed by atoms with Crippen LogP contribution < -0.4 is 21.3 Å². The number of amides is 4. The van der Waals surface area contributed by atoms with E-state index in [4.69, 9.17) is 0 Å². The Morgan fingerprint density at radius 1 is 0.800 bits per heavy atom. The van der Waals surface area contributed by atoms with Gasteiger partial charge >= 0.3 is 12.1 Å². The van der Waals surface area contributed by atoms with E-state index in [9.17, 15) is 29.8 Å². The van der Waals surface area contributed by atoms with E-state index in [0.29, 0.717) is 30.6 Å². The van der Waals surface area contributed by atoms with Gasteiger partial charge in [-0.3, -0.25) is 20.2 Å². The molecule has 12 nitrogen and oxygen atoms in total. The van der Waals surface area contributed by atoms with Crippen LogP contribution in [-0.2, 0) is 0 Å². The lowest BCUT2D eigenvalue weighted by Crippen LogP contribution is -2.58. The van der Waals surface area contributed by atoms with E-state index >= 15 is 0 Å². The fourth-order valence-corrected chi connectivity index (χ4v) is 4.80. The zero-order valence-corrected chi connectivity index (χ0v) is 19.7. The van der Waals surface area contributed by atoms with Crippen molar-refractivity contribution in [3.8, 4) is 0 Å². The molecule has 186 valence electrons. The van der Waals surface area contributed by atoms with Gasteiger partial charge in [0.2, 0.25) is 0 Å². The summed E-state index contributed by atoms with van der Waals surface area (Å²) in [6.45, 7) is 6.03. The number of carbonyl (C=O) groups is 2. The summed E-state index contributed by atoms with van der Waals surface area (Å²) in [4.78, 5) is 45.8. The molecule has 35 heavy (non-hydrogen) atoms. The molecule has 1 aliphatic carbocycles. The molecule has 1 saturated carbocycles. The van der Waals surface area contributed by atoms with Gasteiger partial charge in [-0.25, -0.2) is 9.59 Å². The number of nitro benzene ring substituents is 2. The van der Waals surface area contributed by atoms with Crippen molar-refractivity contribution in [2.75, 3.05) is 10.6 Å². The molecule has 0 heterocycles. The number of nitro groups is 2. The van der Waals surface area contributed by atoms with Crippen LogP contribution in [-0.4, -0.2) is 33.5 Å². The number of benzene rings is 2. The van der Waals surface area contributed by atoms with Gasteiger partial charge in [0.05, 0.1) is 9.85 Å². The molecule has 0 radical (unpaired) electrons. The molecule has 1 aliphatic rings. The van der Waals surface area contributed by atoms with E-state index in [1.54, 1.807) is 0 Å². The van der Waals surface area contributed by atoms with Gasteiger partial charge in [0, 0.05) is 47.2 Å². The maximum Gasteiger partial charge on any atom is 0.319 e. The van der Waals surface area contributed by atoms with Crippen LogP contribution in [0.2, 0.25) is 0 Å². The lowest BCUT2D eigenvalue weighted by molar-refractivity contribution is -0.385. The quantitative estimate of drug-likeness (QED) is 0.340. The molecule has 1 fully saturated rings. The number of rotatable bonds is 6. The third-order valence-electron chi connectivity index (χ3n) is 5.79. The normalized spacial score (nSPS) is 20.8. The van der Waals surface area contributed by atoms with Crippen LogP contribution in [0.3, 0.4) is 0 Å². The Balaban J connectivity index is 1.60. The van der Waals surface area contributed by atoms with Crippen LogP contribution in [0.5, 0.6) is 0 Å². The van der Waals surface area contributed by atoms with Gasteiger partial charge in [-0.15, -0.1) is 0 Å². The highest BCUT2D eigenvalue weighted by Gasteiger charge is 2.42. The van der Waals surface area contributed by atoms with Crippen molar-refractivity contribution in [2.45, 2.75) is 51.6 Å². The van der Waals surface area contributed by atoms with Gasteiger partial charge in [0.1, 0.15) is 0 Å². The summed E-state index contributed by atoms with van der Waals surface area (Å²) in [6.07, 6.45) is 1.86. The molecule has 2 atom stereocenters. The number of nitrogens with zero attached hydrogens (tertiary/aromatic N) is 2. The summed E-state index contributed by atoms with van der Waals surface area (Å²) in [6, 6.07) is 9.93. The number of carbonyl (C=O) groups excluding carboxylic acids is 2. The lowest BCUT2D eigenvalue weighted by atomic mass is 9.67. The van der Waals surface area contributed by atoms with Crippen LogP contribution in [0.1, 0.15) is 40.0 Å². The van der Waals surface area contributed by atoms with Crippen molar-refractivity contribution < 1.29 is 19.4 Å². The van der Waals surface area contributed by atoms with Gasteiger partial charge < -0.3 is 21.3 Å². The second-order valence-electron chi connectivity index (χ2n) is 9.79. The predicted molar refractivity (Wildman–Crippen MR) is 130 cm³/mol. The van der Waals surface area contributed by atoms with Gasteiger partial charge in [-0.2, -0.15) is 0 Å². The molecule has 12 heteroatoms. The second kappa shape index (κ2) is 9.95. The van der Waals surface area contributed by atoms with E-state index in [1.165, 1.54) is 48.5 Å². The largest absolute Gasteiger partial charge is 0.335 e. The Kier molecular flexibility index (Phi) is 7.22. The second-order valence-corrected chi connectivity index (χ2v) is 9.79. The predicted octanol–water partition coefficient (Wildman–Crippen LogP) is 4.78. The first-order valence-corrected chi connectivity index (χ1v) is 11.0. The number of anilines is 2. The third-order valence-corrected chi connectivity index (χ3v) is 5.79. The number of non-ortho nitro benzene ring substituents is 2. The fraction of sp³-hybridized carbons (Fsp3) is 0.391. The van der Waals surface area contributed by atoms with Crippen molar-refractivity contribution in [1.29, 1.82) is 0 Å². The summed E-state index contributed by atoms with van der Waals surface area (Å²) in [5.41, 5.74) is -0.108. The highest BCUT2D eigenvalue weighted by atomic mass is 16.6. The average Bonchev–Trinajstić information content (AvgIpc) is 2.72. The molecule has 0 saturated heterocycles. The molecule has 2 aromatic carbocycles. The summed E-state index contributed by atoms with van der Waals surface area (Å²) >= 11 is 0. The van der Waals surface area contributed by atoms with Crippen LogP contribution in [0.25, 0.3) is 0 Å². The maximum absolute atomic E-state index is 12.7. The summed E-state index contributed by atoms with van der Waals surface area (Å²) < 4.78 is 0. The average molecular weight is 485 g/mol. The van der Waals surface area contributed by atoms with E-state index in [-0.39, 0.29) is 22.8 Å². The number of hydrogen-bond acceptors (Lipinski definition) is 6. The number of urea groups is 2. The topological polar surface area (TPSA) is 169 Å². The molecule has 0 aliphatic heterocycles. The molecule has 0 bridgehead atoms. The van der Waals surface area contributed by atoms with Crippen LogP contribution in [0, 0.1) is 25.6 Å². The van der Waals surface area contributed by atoms with E-state index in [1.807, 2.05) is 6.92 Å². The Labute approximate surface area is 201 Å². The minimum Gasteiger partial charge on any atom is -0.335 e. The highest BCUT2D eigenvalue weighted by Crippen LogP contribution is 2.41. The molecule has 3 rings (SSSR count). The first-order chi connectivity index (χ1) is 16.3. The van der Waals surface area contributed by atoms with Gasteiger partial charge in [-0.1, -0.05) is 13.8 Å². The zero-order valence-electron chi connectivity index (χ0n) is 19.7. The summed E-state index contributed by atoms with van der Waals surface area (Å²) in [5.74, 6) is 0. The van der Waals surface area contributed by atoms with Crippen molar-refractivity contribution in [2.24, 2.45) is 5.41 Å². The Morgan fingerprint density at radius 3 is 1.71 bits per heavy atom. The molecule has 0 spiro atoms. The molecule has 0 aromatic heterocycles. The Morgan fingerprint density at radius 2 is 1.26 bits per heavy atom. The Bertz CT molecular complexity index is 1120. The number of nitrogens with one attached hydrogen (secondary N) is 4. The smallest absolute Gasteiger partial charge is 0.319 e. The van der Waals surface area contributed by atoms with Gasteiger partial charge in [-0.05, 0) is 55.9 Å². The van der Waals surface area contributed by atoms with E-state index in [2.05, 4.69) is 35.1 Å². The summed E-state index contributed by atoms with van der Waals surface area (Å²) in [5, 5.41) is 32.9. The lowest BCUT2D eigenvalue weighted by Gasteiger charge is -2.47. The molecule has 2 aromatic rings. The molecular weight excluding hydrogens is 456 g/mol. The van der Waals surface area contributed by atoms with Crippen molar-refractivity contribution in [1.82, 2.24) is 10.6 Å². The van der Waals surface area contributed by atoms with Gasteiger partial charge in [0.25, 0.3) is 11.4 Å². The highest BCUT2D eigenvalue weighted by molar-refractivity contribution is 5.90. The Hall–Kier alpha value is -4.22. The first kappa shape index (κ1) is 25.4. The van der Waals surface area contributed by atoms with Crippen LogP contribution in [0.15, 0.2) is 48.5 Å². The maximum atomic E-state index is 12.7. The molecular formula is C23H28N6O6. The summed E-state index contributed by atoms with van der Waals surface area (Å²) in [7, 11) is 0. The van der Waals surface area contributed by atoms with E-state index in [0.717, 1.165) is 0 Å². The third kappa shape index (κ3) is 7.13. The minimum atomic E-state index is -0.627. The monoisotopic (exact) mass is 484 g/mol.